The summed E-state index contributed by atoms with van der Waals surface area (Å²) in [6.45, 7) is 1.95. The van der Waals surface area contributed by atoms with E-state index in [9.17, 15) is 14.0 Å². The molecule has 0 unspecified atom stereocenters. The lowest BCUT2D eigenvalue weighted by Crippen LogP contribution is -2.35. The monoisotopic (exact) mass is 401 g/mol. The van der Waals surface area contributed by atoms with Gasteiger partial charge in [-0.15, -0.1) is 0 Å². The lowest BCUT2D eigenvalue weighted by atomic mass is 10.0. The quantitative estimate of drug-likeness (QED) is 0.618. The molecule has 0 bridgehead atoms. The van der Waals surface area contributed by atoms with Crippen LogP contribution in [0.3, 0.4) is 0 Å². The number of carbonyl (C=O) groups is 2. The molecule has 3 rings (SSSR count). The normalized spacial score (nSPS) is 10.5. The molecule has 8 heteroatoms. The molecule has 1 aromatic heterocycles. The predicted octanol–water partition coefficient (Wildman–Crippen LogP) is 3.60. The van der Waals surface area contributed by atoms with Crippen molar-refractivity contribution in [2.24, 2.45) is 0 Å². The summed E-state index contributed by atoms with van der Waals surface area (Å²) in [4.78, 5) is 24.5. The maximum atomic E-state index is 14.2. The number of aromatic nitrogens is 1. The van der Waals surface area contributed by atoms with Crippen molar-refractivity contribution in [3.8, 4) is 11.3 Å². The zero-order chi connectivity index (χ0) is 20.1. The Balaban J connectivity index is 1.66. The summed E-state index contributed by atoms with van der Waals surface area (Å²) < 4.78 is 19.3. The molecule has 0 atom stereocenters. The molecule has 0 aliphatic rings. The molecule has 3 aromatic rings. The number of rotatable bonds is 6. The molecular weight excluding hydrogens is 385 g/mol. The van der Waals surface area contributed by atoms with E-state index >= 15 is 0 Å². The molecule has 0 aliphatic carbocycles. The average molecular weight is 402 g/mol. The smallest absolute Gasteiger partial charge is 0.257 e. The highest BCUT2D eigenvalue weighted by atomic mass is 35.5. The van der Waals surface area contributed by atoms with Crippen LogP contribution < -0.4 is 10.6 Å². The summed E-state index contributed by atoms with van der Waals surface area (Å²) in [6, 6.07) is 12.9. The van der Waals surface area contributed by atoms with Crippen LogP contribution in [0.15, 0.2) is 53.1 Å². The van der Waals surface area contributed by atoms with Gasteiger partial charge in [0.1, 0.15) is 22.8 Å². The van der Waals surface area contributed by atoms with Crippen molar-refractivity contribution >= 4 is 23.4 Å². The van der Waals surface area contributed by atoms with Gasteiger partial charge < -0.3 is 15.2 Å². The molecular formula is C20H17ClFN3O3. The van der Waals surface area contributed by atoms with Gasteiger partial charge in [-0.1, -0.05) is 41.0 Å². The molecule has 0 saturated heterocycles. The summed E-state index contributed by atoms with van der Waals surface area (Å²) in [5, 5.41) is 9.29. The summed E-state index contributed by atoms with van der Waals surface area (Å²) in [7, 11) is 0. The standard InChI is InChI=1S/C20H17ClFN3O3/c1-12-16(18(25-28-12)17-14(21)8-5-9-15(17)22)20(27)24-11-10-23-19(26)13-6-3-2-4-7-13/h2-9H,10-11H2,1H3,(H,23,26)(H,24,27). The van der Waals surface area contributed by atoms with Crippen LogP contribution in [0.5, 0.6) is 0 Å². The predicted molar refractivity (Wildman–Crippen MR) is 103 cm³/mol. The van der Waals surface area contributed by atoms with Gasteiger partial charge in [-0.05, 0) is 31.2 Å². The van der Waals surface area contributed by atoms with Gasteiger partial charge in [-0.25, -0.2) is 4.39 Å². The summed E-state index contributed by atoms with van der Waals surface area (Å²) >= 11 is 6.07. The Bertz CT molecular complexity index is 985. The minimum atomic E-state index is -0.607. The zero-order valence-electron chi connectivity index (χ0n) is 15.0. The minimum Gasteiger partial charge on any atom is -0.360 e. The van der Waals surface area contributed by atoms with Gasteiger partial charge in [0, 0.05) is 18.7 Å². The Morgan fingerprint density at radius 2 is 1.71 bits per heavy atom. The Hall–Kier alpha value is -3.19. The number of hydrogen-bond acceptors (Lipinski definition) is 4. The molecule has 0 fully saturated rings. The van der Waals surface area contributed by atoms with E-state index in [4.69, 9.17) is 16.1 Å². The minimum absolute atomic E-state index is 0.00328. The van der Waals surface area contributed by atoms with E-state index in [-0.39, 0.29) is 46.6 Å². The van der Waals surface area contributed by atoms with Crippen molar-refractivity contribution in [3.05, 3.63) is 76.3 Å². The van der Waals surface area contributed by atoms with E-state index < -0.39 is 11.7 Å². The summed E-state index contributed by atoms with van der Waals surface area (Å²) in [6.07, 6.45) is 0. The molecule has 0 aliphatic heterocycles. The van der Waals surface area contributed by atoms with Crippen molar-refractivity contribution in [1.82, 2.24) is 15.8 Å². The van der Waals surface area contributed by atoms with E-state index in [2.05, 4.69) is 15.8 Å². The van der Waals surface area contributed by atoms with Crippen molar-refractivity contribution in [3.63, 3.8) is 0 Å². The number of hydrogen-bond donors (Lipinski definition) is 2. The lowest BCUT2D eigenvalue weighted by Gasteiger charge is -2.08. The van der Waals surface area contributed by atoms with Crippen LogP contribution in [0.2, 0.25) is 5.02 Å². The first kappa shape index (κ1) is 19.6. The maximum Gasteiger partial charge on any atom is 0.257 e. The third kappa shape index (κ3) is 4.20. The van der Waals surface area contributed by atoms with Gasteiger partial charge in [-0.3, -0.25) is 9.59 Å². The van der Waals surface area contributed by atoms with Gasteiger partial charge in [-0.2, -0.15) is 0 Å². The first-order chi connectivity index (χ1) is 13.5. The Kier molecular flexibility index (Phi) is 6.06. The summed E-state index contributed by atoms with van der Waals surface area (Å²) in [5.74, 6) is -1.11. The number of halogens is 2. The van der Waals surface area contributed by atoms with Crippen molar-refractivity contribution in [2.75, 3.05) is 13.1 Å². The van der Waals surface area contributed by atoms with Crippen molar-refractivity contribution < 1.29 is 18.5 Å². The lowest BCUT2D eigenvalue weighted by molar-refractivity contribution is 0.0927. The molecule has 144 valence electrons. The van der Waals surface area contributed by atoms with E-state index in [0.717, 1.165) is 0 Å². The van der Waals surface area contributed by atoms with Crippen LogP contribution >= 0.6 is 11.6 Å². The van der Waals surface area contributed by atoms with Crippen LogP contribution in [-0.2, 0) is 0 Å². The van der Waals surface area contributed by atoms with E-state index in [0.29, 0.717) is 5.56 Å². The second-order valence-electron chi connectivity index (χ2n) is 5.94. The highest BCUT2D eigenvalue weighted by Gasteiger charge is 2.25. The van der Waals surface area contributed by atoms with Gasteiger partial charge >= 0.3 is 0 Å². The number of aryl methyl sites for hydroxylation is 1. The third-order valence-corrected chi connectivity index (χ3v) is 4.34. The Morgan fingerprint density at radius 1 is 1.04 bits per heavy atom. The molecule has 0 saturated carbocycles. The molecule has 0 spiro atoms. The number of nitrogens with zero attached hydrogens (tertiary/aromatic N) is 1. The van der Waals surface area contributed by atoms with Crippen LogP contribution in [0, 0.1) is 12.7 Å². The largest absolute Gasteiger partial charge is 0.360 e. The molecule has 2 aromatic carbocycles. The molecule has 2 N–H and O–H groups in total. The average Bonchev–Trinajstić information content (AvgIpc) is 3.06. The third-order valence-electron chi connectivity index (χ3n) is 4.02. The number of nitrogens with one attached hydrogen (secondary N) is 2. The topological polar surface area (TPSA) is 84.2 Å². The SMILES string of the molecule is Cc1onc(-c2c(F)cccc2Cl)c1C(=O)NCCNC(=O)c1ccccc1. The first-order valence-electron chi connectivity index (χ1n) is 8.51. The van der Waals surface area contributed by atoms with Crippen molar-refractivity contribution in [1.29, 1.82) is 0 Å². The van der Waals surface area contributed by atoms with Crippen LogP contribution in [0.4, 0.5) is 4.39 Å². The second-order valence-corrected chi connectivity index (χ2v) is 6.34. The molecule has 2 amide bonds. The number of carbonyl (C=O) groups excluding carboxylic acids is 2. The van der Waals surface area contributed by atoms with Gasteiger partial charge in [0.05, 0.1) is 10.6 Å². The number of amides is 2. The van der Waals surface area contributed by atoms with Gasteiger partial charge in [0.25, 0.3) is 11.8 Å². The van der Waals surface area contributed by atoms with Crippen LogP contribution in [0.1, 0.15) is 26.5 Å². The fraction of sp³-hybridized carbons (Fsp3) is 0.150. The number of benzene rings is 2. The molecule has 6 nitrogen and oxygen atoms in total. The van der Waals surface area contributed by atoms with E-state index in [1.165, 1.54) is 18.2 Å². The molecule has 28 heavy (non-hydrogen) atoms. The fourth-order valence-corrected chi connectivity index (χ4v) is 2.92. The highest BCUT2D eigenvalue weighted by molar-refractivity contribution is 6.33. The summed E-state index contributed by atoms with van der Waals surface area (Å²) in [5.41, 5.74) is 0.663. The highest BCUT2D eigenvalue weighted by Crippen LogP contribution is 2.33. The van der Waals surface area contributed by atoms with E-state index in [1.807, 2.05) is 6.07 Å². The van der Waals surface area contributed by atoms with Crippen LogP contribution in [-0.4, -0.2) is 30.1 Å². The molecule has 1 heterocycles. The van der Waals surface area contributed by atoms with E-state index in [1.54, 1.807) is 31.2 Å². The second kappa shape index (κ2) is 8.67. The van der Waals surface area contributed by atoms with Crippen molar-refractivity contribution in [2.45, 2.75) is 6.92 Å². The van der Waals surface area contributed by atoms with Gasteiger partial charge in [0.2, 0.25) is 0 Å². The Morgan fingerprint density at radius 3 is 2.39 bits per heavy atom. The Labute approximate surface area is 165 Å². The zero-order valence-corrected chi connectivity index (χ0v) is 15.7. The van der Waals surface area contributed by atoms with Gasteiger partial charge in [0.15, 0.2) is 0 Å². The first-order valence-corrected chi connectivity index (χ1v) is 8.89. The van der Waals surface area contributed by atoms with Crippen LogP contribution in [0.25, 0.3) is 11.3 Å². The molecule has 0 radical (unpaired) electrons. The maximum absolute atomic E-state index is 14.2. The fourth-order valence-electron chi connectivity index (χ4n) is 2.67.